The van der Waals surface area contributed by atoms with E-state index in [-0.39, 0.29) is 6.61 Å². The Morgan fingerprint density at radius 3 is 2.64 bits per heavy atom. The zero-order valence-corrected chi connectivity index (χ0v) is 16.6. The van der Waals surface area contributed by atoms with Gasteiger partial charge in [0.05, 0.1) is 0 Å². The first-order chi connectivity index (χ1) is 13.8. The molecule has 0 saturated carbocycles. The van der Waals surface area contributed by atoms with Crippen molar-refractivity contribution in [2.45, 2.75) is 31.8 Å². The molecule has 1 aliphatic heterocycles. The first kappa shape index (κ1) is 19.2. The third-order valence-corrected chi connectivity index (χ3v) is 5.88. The van der Waals surface area contributed by atoms with Gasteiger partial charge in [-0.25, -0.2) is 0 Å². The first-order valence-electron chi connectivity index (χ1n) is 10.5. The van der Waals surface area contributed by atoms with Crippen molar-refractivity contribution in [1.82, 2.24) is 14.8 Å². The van der Waals surface area contributed by atoms with E-state index in [1.807, 2.05) is 0 Å². The number of hydrogen-bond donors (Lipinski definition) is 2. The number of nitrogens with one attached hydrogen (secondary N) is 1. The number of nitrogens with zero attached hydrogens (tertiary/aromatic N) is 2. The maximum absolute atomic E-state index is 9.56. The molecule has 3 aromatic rings. The fourth-order valence-corrected chi connectivity index (χ4v) is 4.41. The molecular formula is C24H31N3O. The maximum Gasteiger partial charge on any atom is 0.0456 e. The Balaban J connectivity index is 1.31. The lowest BCUT2D eigenvalue weighted by molar-refractivity contribution is 0.0542. The van der Waals surface area contributed by atoms with Gasteiger partial charge in [-0.05, 0) is 48.9 Å². The minimum Gasteiger partial charge on any atom is -0.396 e. The fourth-order valence-electron chi connectivity index (χ4n) is 4.41. The lowest BCUT2D eigenvalue weighted by Gasteiger charge is -2.41. The van der Waals surface area contributed by atoms with Crippen LogP contribution < -0.4 is 0 Å². The number of hydrogen-bond acceptors (Lipinski definition) is 3. The summed E-state index contributed by atoms with van der Waals surface area (Å²) in [6.45, 7) is 5.53. The number of H-pyrrole nitrogens is 1. The van der Waals surface area contributed by atoms with Gasteiger partial charge < -0.3 is 10.1 Å². The van der Waals surface area contributed by atoms with E-state index in [0.29, 0.717) is 6.04 Å². The Morgan fingerprint density at radius 2 is 1.82 bits per heavy atom. The molecule has 1 fully saturated rings. The molecule has 1 aliphatic rings. The van der Waals surface area contributed by atoms with E-state index >= 15 is 0 Å². The van der Waals surface area contributed by atoms with Crippen molar-refractivity contribution in [3.05, 3.63) is 71.9 Å². The van der Waals surface area contributed by atoms with Crippen molar-refractivity contribution in [1.29, 1.82) is 0 Å². The second kappa shape index (κ2) is 9.37. The van der Waals surface area contributed by atoms with E-state index in [4.69, 9.17) is 0 Å². The molecule has 4 rings (SSSR count). The molecule has 4 heteroatoms. The zero-order chi connectivity index (χ0) is 19.2. The second-order valence-electron chi connectivity index (χ2n) is 7.91. The number of aromatic amines is 1. The van der Waals surface area contributed by atoms with Crippen molar-refractivity contribution in [3.63, 3.8) is 0 Å². The number of aromatic nitrogens is 1. The predicted molar refractivity (Wildman–Crippen MR) is 115 cm³/mol. The van der Waals surface area contributed by atoms with Crippen molar-refractivity contribution >= 4 is 10.9 Å². The molecule has 4 nitrogen and oxygen atoms in total. The molecule has 0 aliphatic carbocycles. The highest BCUT2D eigenvalue weighted by atomic mass is 16.3. The van der Waals surface area contributed by atoms with Crippen molar-refractivity contribution < 1.29 is 5.11 Å². The van der Waals surface area contributed by atoms with Gasteiger partial charge in [0.2, 0.25) is 0 Å². The smallest absolute Gasteiger partial charge is 0.0456 e. The van der Waals surface area contributed by atoms with E-state index in [2.05, 4.69) is 75.4 Å². The van der Waals surface area contributed by atoms with Crippen LogP contribution >= 0.6 is 0 Å². The zero-order valence-electron chi connectivity index (χ0n) is 16.6. The SMILES string of the molecule is OCC[C@H]1CN(Cc2cc3ccccc3[nH]2)CCN1CCCc1ccccc1. The number of fused-ring (bicyclic) bond motifs is 1. The van der Waals surface area contributed by atoms with Gasteiger partial charge in [-0.2, -0.15) is 0 Å². The Bertz CT molecular complexity index is 827. The standard InChI is InChI=1S/C24H31N3O/c28-16-12-23-19-26(18-22-17-21-10-4-5-11-24(21)25-22)14-15-27(23)13-6-9-20-7-2-1-3-8-20/h1-5,7-8,10-11,17,23,25,28H,6,9,12-16,18-19H2/t23-/m0/s1. The van der Waals surface area contributed by atoms with Crippen LogP contribution in [-0.2, 0) is 13.0 Å². The number of para-hydroxylation sites is 1. The van der Waals surface area contributed by atoms with Crippen LogP contribution in [0.1, 0.15) is 24.1 Å². The maximum atomic E-state index is 9.56. The number of aryl methyl sites for hydroxylation is 1. The van der Waals surface area contributed by atoms with Gasteiger partial charge in [0, 0.05) is 50.0 Å². The quantitative estimate of drug-likeness (QED) is 0.629. The van der Waals surface area contributed by atoms with E-state index in [1.54, 1.807) is 0 Å². The molecular weight excluding hydrogens is 346 g/mol. The van der Waals surface area contributed by atoms with Crippen LogP contribution in [-0.4, -0.2) is 58.7 Å². The van der Waals surface area contributed by atoms with Crippen LogP contribution in [0.5, 0.6) is 0 Å². The predicted octanol–water partition coefficient (Wildman–Crippen LogP) is 3.67. The molecule has 148 valence electrons. The topological polar surface area (TPSA) is 42.5 Å². The molecule has 0 unspecified atom stereocenters. The fraction of sp³-hybridized carbons (Fsp3) is 0.417. The van der Waals surface area contributed by atoms with Gasteiger partial charge in [0.25, 0.3) is 0 Å². The summed E-state index contributed by atoms with van der Waals surface area (Å²) in [7, 11) is 0. The highest BCUT2D eigenvalue weighted by Crippen LogP contribution is 2.19. The molecule has 0 radical (unpaired) electrons. The average molecular weight is 378 g/mol. The molecule has 0 bridgehead atoms. The van der Waals surface area contributed by atoms with E-state index < -0.39 is 0 Å². The van der Waals surface area contributed by atoms with E-state index in [1.165, 1.54) is 28.6 Å². The summed E-state index contributed by atoms with van der Waals surface area (Å²) in [5, 5.41) is 10.8. The second-order valence-corrected chi connectivity index (χ2v) is 7.91. The lowest BCUT2D eigenvalue weighted by Crippen LogP contribution is -2.53. The van der Waals surface area contributed by atoms with Gasteiger partial charge >= 0.3 is 0 Å². The van der Waals surface area contributed by atoms with E-state index in [9.17, 15) is 5.11 Å². The van der Waals surface area contributed by atoms with Gasteiger partial charge in [-0.3, -0.25) is 9.80 Å². The van der Waals surface area contributed by atoms with Gasteiger partial charge in [-0.15, -0.1) is 0 Å². The molecule has 1 saturated heterocycles. The third kappa shape index (κ3) is 4.82. The van der Waals surface area contributed by atoms with E-state index in [0.717, 1.165) is 45.6 Å². The number of piperazine rings is 1. The van der Waals surface area contributed by atoms with Gasteiger partial charge in [-0.1, -0.05) is 48.5 Å². The summed E-state index contributed by atoms with van der Waals surface area (Å²) in [6.07, 6.45) is 3.16. The van der Waals surface area contributed by atoms with Crippen molar-refractivity contribution in [3.8, 4) is 0 Å². The number of aliphatic hydroxyl groups is 1. The van der Waals surface area contributed by atoms with Crippen molar-refractivity contribution in [2.24, 2.45) is 0 Å². The molecule has 1 aromatic heterocycles. The highest BCUT2D eigenvalue weighted by Gasteiger charge is 2.26. The average Bonchev–Trinajstić information content (AvgIpc) is 3.13. The molecule has 0 spiro atoms. The highest BCUT2D eigenvalue weighted by molar-refractivity contribution is 5.80. The van der Waals surface area contributed by atoms with Crippen LogP contribution in [0.4, 0.5) is 0 Å². The Hall–Kier alpha value is -2.14. The summed E-state index contributed by atoms with van der Waals surface area (Å²) in [6, 6.07) is 21.9. The summed E-state index contributed by atoms with van der Waals surface area (Å²) < 4.78 is 0. The normalized spacial score (nSPS) is 18.7. The van der Waals surface area contributed by atoms with Crippen LogP contribution in [0.3, 0.4) is 0 Å². The lowest BCUT2D eigenvalue weighted by atomic mass is 10.1. The molecule has 2 N–H and O–H groups in total. The minimum atomic E-state index is 0.264. The van der Waals surface area contributed by atoms with Crippen LogP contribution in [0, 0.1) is 0 Å². The molecule has 28 heavy (non-hydrogen) atoms. The summed E-state index contributed by atoms with van der Waals surface area (Å²) >= 11 is 0. The molecule has 0 amide bonds. The Kier molecular flexibility index (Phi) is 6.42. The molecule has 2 heterocycles. The van der Waals surface area contributed by atoms with Gasteiger partial charge in [0.15, 0.2) is 0 Å². The number of benzene rings is 2. The summed E-state index contributed by atoms with van der Waals surface area (Å²) in [4.78, 5) is 8.66. The monoisotopic (exact) mass is 377 g/mol. The van der Waals surface area contributed by atoms with Crippen LogP contribution in [0.15, 0.2) is 60.7 Å². The largest absolute Gasteiger partial charge is 0.396 e. The molecule has 2 aromatic carbocycles. The summed E-state index contributed by atoms with van der Waals surface area (Å²) in [5.41, 5.74) is 3.91. The molecule has 1 atom stereocenters. The van der Waals surface area contributed by atoms with Crippen LogP contribution in [0.2, 0.25) is 0 Å². The number of aliphatic hydroxyl groups excluding tert-OH is 1. The Morgan fingerprint density at radius 1 is 1.00 bits per heavy atom. The minimum absolute atomic E-state index is 0.264. The summed E-state index contributed by atoms with van der Waals surface area (Å²) in [5.74, 6) is 0. The Labute approximate surface area is 167 Å². The third-order valence-electron chi connectivity index (χ3n) is 5.88. The van der Waals surface area contributed by atoms with Crippen molar-refractivity contribution in [2.75, 3.05) is 32.8 Å². The first-order valence-corrected chi connectivity index (χ1v) is 10.5. The van der Waals surface area contributed by atoms with Crippen LogP contribution in [0.25, 0.3) is 10.9 Å². The number of rotatable bonds is 8. The van der Waals surface area contributed by atoms with Gasteiger partial charge in [0.1, 0.15) is 0 Å².